The number of carboxylic acid groups (broad SMARTS) is 1. The van der Waals surface area contributed by atoms with E-state index in [0.29, 0.717) is 18.1 Å². The molecule has 1 fully saturated rings. The van der Waals surface area contributed by atoms with E-state index in [0.717, 1.165) is 36.3 Å². The number of piperidine rings is 1. The molecule has 138 valence electrons. The van der Waals surface area contributed by atoms with E-state index in [9.17, 15) is 14.7 Å². The van der Waals surface area contributed by atoms with E-state index in [-0.39, 0.29) is 5.91 Å². The Hall–Kier alpha value is -2.25. The number of amides is 1. The summed E-state index contributed by atoms with van der Waals surface area (Å²) in [5.74, 6) is -0.874. The van der Waals surface area contributed by atoms with Crippen LogP contribution in [0.5, 0.6) is 0 Å². The molecule has 1 amide bonds. The predicted octanol–water partition coefficient (Wildman–Crippen LogP) is 3.58. The van der Waals surface area contributed by atoms with E-state index < -0.39 is 12.0 Å². The maximum Gasteiger partial charge on any atom is 0.320 e. The minimum atomic E-state index is -0.773. The van der Waals surface area contributed by atoms with Crippen LogP contribution in [0.25, 0.3) is 0 Å². The number of thiazole rings is 1. The highest BCUT2D eigenvalue weighted by atomic mass is 32.1. The van der Waals surface area contributed by atoms with Crippen LogP contribution in [0.1, 0.15) is 37.4 Å². The van der Waals surface area contributed by atoms with Gasteiger partial charge in [-0.1, -0.05) is 24.1 Å². The lowest BCUT2D eigenvalue weighted by Gasteiger charge is -2.32. The van der Waals surface area contributed by atoms with E-state index in [1.54, 1.807) is 4.90 Å². The van der Waals surface area contributed by atoms with Crippen molar-refractivity contribution < 1.29 is 14.7 Å². The van der Waals surface area contributed by atoms with Crippen LogP contribution in [0.4, 0.5) is 10.8 Å². The molecule has 1 N–H and O–H groups in total. The molecule has 1 aliphatic rings. The number of aryl methyl sites for hydroxylation is 1. The Morgan fingerprint density at radius 3 is 2.69 bits per heavy atom. The van der Waals surface area contributed by atoms with Gasteiger partial charge in [-0.05, 0) is 38.4 Å². The van der Waals surface area contributed by atoms with Crippen molar-refractivity contribution in [3.8, 4) is 0 Å². The molecule has 1 saturated heterocycles. The molecule has 0 aliphatic carbocycles. The fourth-order valence-corrected chi connectivity index (χ4v) is 4.14. The molecule has 7 heteroatoms. The molecule has 1 unspecified atom stereocenters. The largest absolute Gasteiger partial charge is 0.480 e. The number of hydrogen-bond acceptors (Lipinski definition) is 5. The number of aliphatic carboxylic acids is 1. The van der Waals surface area contributed by atoms with Crippen LogP contribution >= 0.6 is 11.3 Å². The summed E-state index contributed by atoms with van der Waals surface area (Å²) in [6.45, 7) is 4.78. The summed E-state index contributed by atoms with van der Waals surface area (Å²) >= 11 is 1.40. The third kappa shape index (κ3) is 4.11. The second-order valence-corrected chi connectivity index (χ2v) is 7.47. The highest BCUT2D eigenvalue weighted by molar-refractivity contribution is 7.14. The van der Waals surface area contributed by atoms with Gasteiger partial charge in [-0.15, -0.1) is 11.3 Å². The van der Waals surface area contributed by atoms with Gasteiger partial charge in [-0.3, -0.25) is 19.4 Å². The van der Waals surface area contributed by atoms with Gasteiger partial charge in [0.1, 0.15) is 6.04 Å². The summed E-state index contributed by atoms with van der Waals surface area (Å²) in [5.41, 5.74) is 2.71. The van der Waals surface area contributed by atoms with Crippen LogP contribution in [0.2, 0.25) is 0 Å². The maximum atomic E-state index is 12.2. The van der Waals surface area contributed by atoms with E-state index in [4.69, 9.17) is 0 Å². The van der Waals surface area contributed by atoms with Gasteiger partial charge >= 0.3 is 5.97 Å². The normalized spacial score (nSPS) is 17.8. The Morgan fingerprint density at radius 2 is 2.04 bits per heavy atom. The number of likely N-dealkylation sites (tertiary alicyclic amines) is 1. The van der Waals surface area contributed by atoms with E-state index >= 15 is 0 Å². The van der Waals surface area contributed by atoms with Crippen molar-refractivity contribution in [2.24, 2.45) is 0 Å². The zero-order valence-corrected chi connectivity index (χ0v) is 15.8. The third-order valence-electron chi connectivity index (χ3n) is 4.60. The second-order valence-electron chi connectivity index (χ2n) is 6.63. The number of carboxylic acids is 1. The van der Waals surface area contributed by atoms with Gasteiger partial charge in [-0.2, -0.15) is 0 Å². The van der Waals surface area contributed by atoms with E-state index in [2.05, 4.69) is 4.98 Å². The van der Waals surface area contributed by atoms with Gasteiger partial charge in [0.05, 0.1) is 11.4 Å². The number of carbonyl (C=O) groups is 2. The van der Waals surface area contributed by atoms with Gasteiger partial charge in [0, 0.05) is 18.8 Å². The molecule has 26 heavy (non-hydrogen) atoms. The van der Waals surface area contributed by atoms with Gasteiger partial charge in [0.25, 0.3) is 0 Å². The molecular weight excluding hydrogens is 350 g/mol. The summed E-state index contributed by atoms with van der Waals surface area (Å²) in [4.78, 5) is 31.8. The van der Waals surface area contributed by atoms with Crippen LogP contribution in [0.3, 0.4) is 0 Å². The molecular formula is C19H23N3O3S. The van der Waals surface area contributed by atoms with Gasteiger partial charge in [-0.25, -0.2) is 4.98 Å². The first kappa shape index (κ1) is 18.5. The van der Waals surface area contributed by atoms with Crippen LogP contribution in [0.15, 0.2) is 29.6 Å². The molecule has 2 aromatic rings. The second kappa shape index (κ2) is 7.97. The van der Waals surface area contributed by atoms with E-state index in [1.165, 1.54) is 18.3 Å². The lowest BCUT2D eigenvalue weighted by Crippen LogP contribution is -2.44. The zero-order chi connectivity index (χ0) is 18.7. The third-order valence-corrected chi connectivity index (χ3v) is 5.48. The van der Waals surface area contributed by atoms with Gasteiger partial charge in [0.2, 0.25) is 5.91 Å². The monoisotopic (exact) mass is 373 g/mol. The highest BCUT2D eigenvalue weighted by Gasteiger charge is 2.29. The Kier molecular flexibility index (Phi) is 5.68. The first-order chi connectivity index (χ1) is 12.5. The number of benzene rings is 1. The summed E-state index contributed by atoms with van der Waals surface area (Å²) < 4.78 is 0. The highest BCUT2D eigenvalue weighted by Crippen LogP contribution is 2.30. The fourth-order valence-electron chi connectivity index (χ4n) is 3.26. The van der Waals surface area contributed by atoms with E-state index in [1.807, 2.05) is 41.5 Å². The van der Waals surface area contributed by atoms with Crippen LogP contribution in [-0.2, 0) is 16.1 Å². The van der Waals surface area contributed by atoms with Crippen molar-refractivity contribution in [1.29, 1.82) is 0 Å². The molecule has 6 nitrogen and oxygen atoms in total. The summed E-state index contributed by atoms with van der Waals surface area (Å²) in [7, 11) is 0. The van der Waals surface area contributed by atoms with Gasteiger partial charge < -0.3 is 5.11 Å². The minimum Gasteiger partial charge on any atom is -0.480 e. The van der Waals surface area contributed by atoms with Crippen molar-refractivity contribution in [2.75, 3.05) is 11.4 Å². The fraction of sp³-hybridized carbons (Fsp3) is 0.421. The number of aromatic nitrogens is 1. The van der Waals surface area contributed by atoms with Crippen molar-refractivity contribution in [3.05, 3.63) is 40.9 Å². The van der Waals surface area contributed by atoms with Crippen LogP contribution < -0.4 is 4.90 Å². The average molecular weight is 373 g/mol. The quantitative estimate of drug-likeness (QED) is 0.867. The summed E-state index contributed by atoms with van der Waals surface area (Å²) in [6, 6.07) is 7.29. The molecule has 1 atom stereocenters. The first-order valence-electron chi connectivity index (χ1n) is 8.74. The summed E-state index contributed by atoms with van der Waals surface area (Å²) in [6.07, 6.45) is 2.63. The Bertz CT molecular complexity index is 788. The number of nitrogens with zero attached hydrogens (tertiary/aromatic N) is 3. The summed E-state index contributed by atoms with van der Waals surface area (Å²) in [5, 5.41) is 11.9. The smallest absolute Gasteiger partial charge is 0.320 e. The molecule has 0 saturated carbocycles. The molecule has 1 aromatic heterocycles. The topological polar surface area (TPSA) is 73.7 Å². The minimum absolute atomic E-state index is 0.101. The van der Waals surface area contributed by atoms with Crippen molar-refractivity contribution in [1.82, 2.24) is 9.88 Å². The number of anilines is 2. The van der Waals surface area contributed by atoms with Crippen molar-refractivity contribution in [3.63, 3.8) is 0 Å². The Balaban J connectivity index is 1.80. The lowest BCUT2D eigenvalue weighted by atomic mass is 10.0. The molecule has 3 rings (SSSR count). The Labute approximate surface area is 157 Å². The SMILES string of the molecule is CC(=O)N(c1ccc(C)cc1)c1nc(CN2CCCCC2C(=O)O)cs1. The van der Waals surface area contributed by atoms with Crippen LogP contribution in [-0.4, -0.2) is 39.5 Å². The number of hydrogen-bond donors (Lipinski definition) is 1. The molecule has 1 aromatic carbocycles. The van der Waals surface area contributed by atoms with Gasteiger partial charge in [0.15, 0.2) is 5.13 Å². The van der Waals surface area contributed by atoms with Crippen LogP contribution in [0, 0.1) is 6.92 Å². The predicted molar refractivity (Wildman–Crippen MR) is 102 cm³/mol. The molecule has 0 spiro atoms. The molecule has 2 heterocycles. The number of rotatable bonds is 5. The molecule has 1 aliphatic heterocycles. The van der Waals surface area contributed by atoms with Crippen molar-refractivity contribution in [2.45, 2.75) is 45.7 Å². The average Bonchev–Trinajstić information content (AvgIpc) is 3.05. The lowest BCUT2D eigenvalue weighted by molar-refractivity contribution is -0.144. The molecule has 0 radical (unpaired) electrons. The number of carbonyl (C=O) groups excluding carboxylic acids is 1. The zero-order valence-electron chi connectivity index (χ0n) is 15.0. The standard InChI is InChI=1S/C19H23N3O3S/c1-13-6-8-16(9-7-13)22(14(2)23)19-20-15(12-26-19)11-21-10-4-3-5-17(21)18(24)25/h6-9,12,17H,3-5,10-11H2,1-2H3,(H,24,25). The first-order valence-corrected chi connectivity index (χ1v) is 9.62. The molecule has 0 bridgehead atoms. The maximum absolute atomic E-state index is 12.2. The Morgan fingerprint density at radius 1 is 1.31 bits per heavy atom. The van der Waals surface area contributed by atoms with Crippen molar-refractivity contribution >= 4 is 34.0 Å².